The van der Waals surface area contributed by atoms with E-state index in [0.29, 0.717) is 12.5 Å². The molecule has 142 valence electrons. The van der Waals surface area contributed by atoms with Gasteiger partial charge in [0.1, 0.15) is 0 Å². The Kier molecular flexibility index (Phi) is 10.1. The number of hydrogen-bond acceptors (Lipinski definition) is 3. The van der Waals surface area contributed by atoms with Crippen molar-refractivity contribution in [1.29, 1.82) is 0 Å². The highest BCUT2D eigenvalue weighted by molar-refractivity contribution is 5.92. The first-order chi connectivity index (χ1) is 11.6. The number of piperidine rings is 1. The van der Waals surface area contributed by atoms with Gasteiger partial charge >= 0.3 is 0 Å². The predicted octanol–water partition coefficient (Wildman–Crippen LogP) is 3.88. The van der Waals surface area contributed by atoms with Crippen LogP contribution in [0, 0.1) is 5.92 Å². The van der Waals surface area contributed by atoms with Gasteiger partial charge in [0.25, 0.3) is 0 Å². The first-order valence-corrected chi connectivity index (χ1v) is 9.39. The summed E-state index contributed by atoms with van der Waals surface area (Å²) in [4.78, 5) is 14.5. The van der Waals surface area contributed by atoms with Crippen LogP contribution >= 0.6 is 12.4 Å². The Morgan fingerprint density at radius 1 is 1.24 bits per heavy atom. The molecule has 25 heavy (non-hydrogen) atoms. The average molecular weight is 368 g/mol. The van der Waals surface area contributed by atoms with E-state index >= 15 is 0 Å². The van der Waals surface area contributed by atoms with Gasteiger partial charge in [-0.15, -0.1) is 12.4 Å². The number of nitrogens with one attached hydrogen (secondary N) is 2. The molecule has 0 aromatic heterocycles. The third kappa shape index (κ3) is 7.35. The normalized spacial score (nSPS) is 16.9. The molecule has 1 fully saturated rings. The molecule has 1 atom stereocenters. The minimum Gasteiger partial charge on any atom is -0.325 e. The van der Waals surface area contributed by atoms with Crippen molar-refractivity contribution in [3.8, 4) is 0 Å². The second kappa shape index (κ2) is 11.5. The quantitative estimate of drug-likeness (QED) is 0.732. The Morgan fingerprint density at radius 3 is 2.44 bits per heavy atom. The summed E-state index contributed by atoms with van der Waals surface area (Å²) in [6.45, 7) is 8.10. The maximum Gasteiger partial charge on any atom is 0.238 e. The van der Waals surface area contributed by atoms with Crippen molar-refractivity contribution in [1.82, 2.24) is 10.2 Å². The molecule has 2 N–H and O–H groups in total. The number of anilines is 1. The fourth-order valence-corrected chi connectivity index (χ4v) is 3.32. The largest absolute Gasteiger partial charge is 0.325 e. The summed E-state index contributed by atoms with van der Waals surface area (Å²) in [6.07, 6.45) is 4.80. The van der Waals surface area contributed by atoms with Gasteiger partial charge in [0, 0.05) is 5.69 Å². The number of carbonyl (C=O) groups excluding carboxylic acids is 1. The summed E-state index contributed by atoms with van der Waals surface area (Å²) in [6, 6.07) is 8.28. The van der Waals surface area contributed by atoms with E-state index in [1.165, 1.54) is 24.8 Å². The zero-order valence-electron chi connectivity index (χ0n) is 15.9. The van der Waals surface area contributed by atoms with Gasteiger partial charge in [0.05, 0.1) is 6.54 Å². The van der Waals surface area contributed by atoms with E-state index in [1.807, 2.05) is 19.2 Å². The van der Waals surface area contributed by atoms with Crippen LogP contribution in [0.4, 0.5) is 5.69 Å². The number of hydrogen-bond donors (Lipinski definition) is 2. The second-order valence-corrected chi connectivity index (χ2v) is 7.09. The Hall–Kier alpha value is -1.10. The lowest BCUT2D eigenvalue weighted by molar-refractivity contribution is -0.117. The van der Waals surface area contributed by atoms with E-state index < -0.39 is 0 Å². The lowest BCUT2D eigenvalue weighted by Gasteiger charge is -2.31. The smallest absolute Gasteiger partial charge is 0.238 e. The molecule has 1 aromatic carbocycles. The van der Waals surface area contributed by atoms with Crippen LogP contribution in [-0.4, -0.2) is 44.0 Å². The molecule has 0 radical (unpaired) electrons. The van der Waals surface area contributed by atoms with Crippen molar-refractivity contribution in [3.63, 3.8) is 0 Å². The molecule has 0 aliphatic carbocycles. The Morgan fingerprint density at radius 2 is 1.88 bits per heavy atom. The van der Waals surface area contributed by atoms with Crippen molar-refractivity contribution in [2.45, 2.75) is 45.4 Å². The molecule has 4 nitrogen and oxygen atoms in total. The zero-order chi connectivity index (χ0) is 17.4. The summed E-state index contributed by atoms with van der Waals surface area (Å²) in [5.41, 5.74) is 2.23. The maximum atomic E-state index is 12.2. The highest BCUT2D eigenvalue weighted by Gasteiger charge is 2.20. The number of nitrogens with zero attached hydrogens (tertiary/aromatic N) is 1. The second-order valence-electron chi connectivity index (χ2n) is 7.09. The number of benzene rings is 1. The number of rotatable bonds is 8. The third-order valence-corrected chi connectivity index (χ3v) is 5.25. The van der Waals surface area contributed by atoms with Crippen molar-refractivity contribution in [2.24, 2.45) is 5.92 Å². The van der Waals surface area contributed by atoms with Crippen LogP contribution in [0.2, 0.25) is 0 Å². The number of likely N-dealkylation sites (tertiary alicyclic amines) is 1. The van der Waals surface area contributed by atoms with E-state index in [4.69, 9.17) is 0 Å². The maximum absolute atomic E-state index is 12.2. The van der Waals surface area contributed by atoms with Crippen LogP contribution in [0.25, 0.3) is 0 Å². The molecule has 0 bridgehead atoms. The summed E-state index contributed by atoms with van der Waals surface area (Å²) in [7, 11) is 2.01. The van der Waals surface area contributed by atoms with Crippen molar-refractivity contribution in [3.05, 3.63) is 29.8 Å². The fraction of sp³-hybridized carbons (Fsp3) is 0.650. The number of amides is 1. The third-order valence-electron chi connectivity index (χ3n) is 5.25. The fourth-order valence-electron chi connectivity index (χ4n) is 3.32. The minimum atomic E-state index is 0. The van der Waals surface area contributed by atoms with Gasteiger partial charge in [0.15, 0.2) is 0 Å². The molecule has 1 heterocycles. The summed E-state index contributed by atoms with van der Waals surface area (Å²) in [5, 5.41) is 6.25. The highest BCUT2D eigenvalue weighted by Crippen LogP contribution is 2.21. The Bertz CT molecular complexity index is 498. The highest BCUT2D eigenvalue weighted by atomic mass is 35.5. The van der Waals surface area contributed by atoms with E-state index in [0.717, 1.165) is 37.7 Å². The molecule has 1 aromatic rings. The molecule has 1 saturated heterocycles. The van der Waals surface area contributed by atoms with E-state index in [1.54, 1.807) is 0 Å². The number of halogens is 1. The standard InChI is InChI=1S/C20H33N3O.ClH/c1-4-16(2)18-5-7-19(8-6-18)22-20(24)15-23-13-10-17(11-14-23)9-12-21-3;/h5-8,16-17,21H,4,9-15H2,1-3H3,(H,22,24);1H. The average Bonchev–Trinajstić information content (AvgIpc) is 2.61. The van der Waals surface area contributed by atoms with Gasteiger partial charge in [-0.1, -0.05) is 26.0 Å². The summed E-state index contributed by atoms with van der Waals surface area (Å²) in [5.74, 6) is 1.48. The Labute approximate surface area is 159 Å². The van der Waals surface area contributed by atoms with E-state index in [2.05, 4.69) is 41.5 Å². The van der Waals surface area contributed by atoms with Crippen LogP contribution in [0.1, 0.15) is 51.0 Å². The molecule has 1 aliphatic rings. The van der Waals surface area contributed by atoms with Crippen molar-refractivity contribution < 1.29 is 4.79 Å². The Balaban J connectivity index is 0.00000312. The SMILES string of the molecule is CCC(C)c1ccc(NC(=O)CN2CCC(CCNC)CC2)cc1.Cl. The summed E-state index contributed by atoms with van der Waals surface area (Å²) < 4.78 is 0. The molecular weight excluding hydrogens is 334 g/mol. The van der Waals surface area contributed by atoms with Crippen LogP contribution in [0.5, 0.6) is 0 Å². The van der Waals surface area contributed by atoms with Crippen molar-refractivity contribution in [2.75, 3.05) is 38.5 Å². The van der Waals surface area contributed by atoms with Gasteiger partial charge in [-0.2, -0.15) is 0 Å². The van der Waals surface area contributed by atoms with Crippen LogP contribution in [-0.2, 0) is 4.79 Å². The summed E-state index contributed by atoms with van der Waals surface area (Å²) >= 11 is 0. The first-order valence-electron chi connectivity index (χ1n) is 9.39. The van der Waals surface area contributed by atoms with Gasteiger partial charge in [-0.3, -0.25) is 9.69 Å². The zero-order valence-corrected chi connectivity index (χ0v) is 16.7. The first kappa shape index (κ1) is 21.9. The van der Waals surface area contributed by atoms with Gasteiger partial charge in [0.2, 0.25) is 5.91 Å². The molecule has 1 unspecified atom stereocenters. The molecule has 5 heteroatoms. The van der Waals surface area contributed by atoms with Crippen LogP contribution in [0.15, 0.2) is 24.3 Å². The lowest BCUT2D eigenvalue weighted by Crippen LogP contribution is -2.39. The molecule has 1 aliphatic heterocycles. The molecule has 2 rings (SSSR count). The van der Waals surface area contributed by atoms with E-state index in [-0.39, 0.29) is 18.3 Å². The van der Waals surface area contributed by atoms with Crippen LogP contribution in [0.3, 0.4) is 0 Å². The monoisotopic (exact) mass is 367 g/mol. The number of carbonyl (C=O) groups is 1. The van der Waals surface area contributed by atoms with Gasteiger partial charge in [-0.25, -0.2) is 0 Å². The molecule has 1 amide bonds. The van der Waals surface area contributed by atoms with E-state index in [9.17, 15) is 4.79 Å². The predicted molar refractivity (Wildman–Crippen MR) is 109 cm³/mol. The lowest BCUT2D eigenvalue weighted by atomic mass is 9.93. The molecular formula is C20H34ClN3O. The van der Waals surface area contributed by atoms with Gasteiger partial charge < -0.3 is 10.6 Å². The van der Waals surface area contributed by atoms with Crippen LogP contribution < -0.4 is 10.6 Å². The minimum absolute atomic E-state index is 0. The topological polar surface area (TPSA) is 44.4 Å². The molecule has 0 saturated carbocycles. The van der Waals surface area contributed by atoms with Crippen molar-refractivity contribution >= 4 is 24.0 Å². The molecule has 0 spiro atoms. The van der Waals surface area contributed by atoms with Gasteiger partial charge in [-0.05, 0) is 81.9 Å².